The first-order valence-electron chi connectivity index (χ1n) is 7.77. The SMILES string of the molecule is CCOC1(C(O)CSc2ccccc2Cl)CCCC(C)C1. The van der Waals surface area contributed by atoms with Crippen molar-refractivity contribution in [3.05, 3.63) is 29.3 Å². The average Bonchev–Trinajstić information content (AvgIpc) is 2.46. The van der Waals surface area contributed by atoms with Crippen molar-refractivity contribution in [2.45, 2.75) is 56.1 Å². The van der Waals surface area contributed by atoms with E-state index in [4.69, 9.17) is 16.3 Å². The van der Waals surface area contributed by atoms with Crippen molar-refractivity contribution in [2.75, 3.05) is 12.4 Å². The van der Waals surface area contributed by atoms with Gasteiger partial charge in [-0.2, -0.15) is 0 Å². The number of benzene rings is 1. The Balaban J connectivity index is 2.02. The Bertz CT molecular complexity index is 450. The van der Waals surface area contributed by atoms with E-state index in [1.54, 1.807) is 11.8 Å². The fourth-order valence-corrected chi connectivity index (χ4v) is 4.56. The minimum atomic E-state index is -0.457. The van der Waals surface area contributed by atoms with Gasteiger partial charge in [-0.05, 0) is 37.8 Å². The van der Waals surface area contributed by atoms with Crippen molar-refractivity contribution in [3.8, 4) is 0 Å². The van der Waals surface area contributed by atoms with E-state index in [0.717, 1.165) is 29.2 Å². The molecule has 4 heteroatoms. The van der Waals surface area contributed by atoms with Gasteiger partial charge in [0.05, 0.1) is 16.7 Å². The Morgan fingerprint density at radius 2 is 2.24 bits per heavy atom. The van der Waals surface area contributed by atoms with Gasteiger partial charge in [-0.15, -0.1) is 11.8 Å². The monoisotopic (exact) mass is 328 g/mol. The lowest BCUT2D eigenvalue weighted by Crippen LogP contribution is -2.49. The summed E-state index contributed by atoms with van der Waals surface area (Å²) in [5.41, 5.74) is -0.374. The smallest absolute Gasteiger partial charge is 0.0950 e. The van der Waals surface area contributed by atoms with Crippen LogP contribution in [0.15, 0.2) is 29.2 Å². The number of hydrogen-bond donors (Lipinski definition) is 1. The molecule has 0 radical (unpaired) electrons. The second-order valence-electron chi connectivity index (χ2n) is 5.96. The van der Waals surface area contributed by atoms with Gasteiger partial charge in [-0.25, -0.2) is 0 Å². The summed E-state index contributed by atoms with van der Waals surface area (Å²) in [6, 6.07) is 7.78. The van der Waals surface area contributed by atoms with Crippen LogP contribution < -0.4 is 0 Å². The number of ether oxygens (including phenoxy) is 1. The summed E-state index contributed by atoms with van der Waals surface area (Å²) in [5, 5.41) is 11.5. The maximum Gasteiger partial charge on any atom is 0.0950 e. The molecule has 21 heavy (non-hydrogen) atoms. The number of aliphatic hydroxyl groups excluding tert-OH is 1. The molecule has 1 aliphatic carbocycles. The van der Waals surface area contributed by atoms with E-state index in [1.807, 2.05) is 31.2 Å². The van der Waals surface area contributed by atoms with Gasteiger partial charge in [0.25, 0.3) is 0 Å². The van der Waals surface area contributed by atoms with Gasteiger partial charge >= 0.3 is 0 Å². The summed E-state index contributed by atoms with van der Waals surface area (Å²) in [4.78, 5) is 1.02. The van der Waals surface area contributed by atoms with Crippen molar-refractivity contribution in [2.24, 2.45) is 5.92 Å². The molecule has 3 unspecified atom stereocenters. The Morgan fingerprint density at radius 3 is 2.90 bits per heavy atom. The van der Waals surface area contributed by atoms with Crippen molar-refractivity contribution < 1.29 is 9.84 Å². The van der Waals surface area contributed by atoms with Gasteiger partial charge in [0.2, 0.25) is 0 Å². The maximum atomic E-state index is 10.7. The second kappa shape index (κ2) is 7.87. The fraction of sp³-hybridized carbons (Fsp3) is 0.647. The first-order chi connectivity index (χ1) is 10.1. The molecule has 1 N–H and O–H groups in total. The number of halogens is 1. The lowest BCUT2D eigenvalue weighted by atomic mass is 9.76. The molecule has 3 atom stereocenters. The molecule has 1 aliphatic rings. The highest BCUT2D eigenvalue weighted by Gasteiger charge is 2.41. The zero-order chi connectivity index (χ0) is 15.3. The topological polar surface area (TPSA) is 29.5 Å². The molecule has 0 amide bonds. The maximum absolute atomic E-state index is 10.7. The summed E-state index contributed by atoms with van der Waals surface area (Å²) in [6.45, 7) is 4.91. The van der Waals surface area contributed by atoms with E-state index in [1.165, 1.54) is 6.42 Å². The standard InChI is InChI=1S/C17H25ClO2S/c1-3-20-17(10-6-7-13(2)11-17)16(19)12-21-15-9-5-4-8-14(15)18/h4-5,8-9,13,16,19H,3,6-7,10-12H2,1-2H3. The Morgan fingerprint density at radius 1 is 1.48 bits per heavy atom. The van der Waals surface area contributed by atoms with E-state index in [0.29, 0.717) is 18.3 Å². The van der Waals surface area contributed by atoms with Crippen LogP contribution in [-0.4, -0.2) is 29.2 Å². The fourth-order valence-electron chi connectivity index (χ4n) is 3.24. The highest BCUT2D eigenvalue weighted by Crippen LogP contribution is 2.39. The molecule has 0 bridgehead atoms. The van der Waals surface area contributed by atoms with Gasteiger partial charge < -0.3 is 9.84 Å². The van der Waals surface area contributed by atoms with E-state index in [2.05, 4.69) is 6.92 Å². The quantitative estimate of drug-likeness (QED) is 0.762. The molecule has 0 aromatic heterocycles. The summed E-state index contributed by atoms with van der Waals surface area (Å²) in [6.07, 6.45) is 3.82. The number of rotatable bonds is 6. The summed E-state index contributed by atoms with van der Waals surface area (Å²) in [7, 11) is 0. The zero-order valence-electron chi connectivity index (χ0n) is 12.8. The van der Waals surface area contributed by atoms with Gasteiger partial charge in [0.15, 0.2) is 0 Å². The van der Waals surface area contributed by atoms with Gasteiger partial charge in [-0.1, -0.05) is 43.5 Å². The molecule has 118 valence electrons. The van der Waals surface area contributed by atoms with Crippen LogP contribution in [0.2, 0.25) is 5.02 Å². The van der Waals surface area contributed by atoms with Gasteiger partial charge in [0.1, 0.15) is 0 Å². The third-order valence-electron chi connectivity index (χ3n) is 4.26. The molecule has 1 fully saturated rings. The molecular weight excluding hydrogens is 304 g/mol. The minimum Gasteiger partial charge on any atom is -0.389 e. The van der Waals surface area contributed by atoms with Crippen molar-refractivity contribution in [1.29, 1.82) is 0 Å². The molecule has 2 nitrogen and oxygen atoms in total. The highest BCUT2D eigenvalue weighted by molar-refractivity contribution is 7.99. The van der Waals surface area contributed by atoms with Crippen LogP contribution in [0.4, 0.5) is 0 Å². The first-order valence-corrected chi connectivity index (χ1v) is 9.13. The van der Waals surface area contributed by atoms with Gasteiger partial charge in [-0.3, -0.25) is 0 Å². The third-order valence-corrected chi connectivity index (χ3v) is 5.85. The van der Waals surface area contributed by atoms with E-state index in [-0.39, 0.29) is 5.60 Å². The predicted molar refractivity (Wildman–Crippen MR) is 90.2 cm³/mol. The Labute approximate surface area is 137 Å². The Kier molecular flexibility index (Phi) is 6.42. The van der Waals surface area contributed by atoms with E-state index >= 15 is 0 Å². The molecule has 1 saturated carbocycles. The van der Waals surface area contributed by atoms with Crippen LogP contribution in [0, 0.1) is 5.92 Å². The highest BCUT2D eigenvalue weighted by atomic mass is 35.5. The van der Waals surface area contributed by atoms with Crippen LogP contribution in [-0.2, 0) is 4.74 Å². The van der Waals surface area contributed by atoms with E-state index < -0.39 is 6.10 Å². The Hall–Kier alpha value is -0.220. The summed E-state index contributed by atoms with van der Waals surface area (Å²) >= 11 is 7.79. The van der Waals surface area contributed by atoms with Crippen LogP contribution in [0.25, 0.3) is 0 Å². The van der Waals surface area contributed by atoms with Crippen molar-refractivity contribution >= 4 is 23.4 Å². The van der Waals surface area contributed by atoms with Crippen LogP contribution >= 0.6 is 23.4 Å². The van der Waals surface area contributed by atoms with Crippen LogP contribution in [0.1, 0.15) is 39.5 Å². The molecule has 0 spiro atoms. The summed E-state index contributed by atoms with van der Waals surface area (Å²) in [5.74, 6) is 1.24. The number of aliphatic hydroxyl groups is 1. The molecule has 0 aliphatic heterocycles. The van der Waals surface area contributed by atoms with Crippen LogP contribution in [0.5, 0.6) is 0 Å². The molecule has 0 saturated heterocycles. The molecule has 1 aromatic rings. The summed E-state index contributed by atoms with van der Waals surface area (Å²) < 4.78 is 6.02. The third kappa shape index (κ3) is 4.38. The van der Waals surface area contributed by atoms with Crippen LogP contribution in [0.3, 0.4) is 0 Å². The largest absolute Gasteiger partial charge is 0.389 e. The number of thioether (sulfide) groups is 1. The normalized spacial score (nSPS) is 27.5. The zero-order valence-corrected chi connectivity index (χ0v) is 14.4. The predicted octanol–water partition coefficient (Wildman–Crippen LogP) is 4.78. The first kappa shape index (κ1) is 17.1. The van der Waals surface area contributed by atoms with E-state index in [9.17, 15) is 5.11 Å². The molecule has 2 rings (SSSR count). The van der Waals surface area contributed by atoms with Crippen molar-refractivity contribution in [1.82, 2.24) is 0 Å². The molecule has 1 aromatic carbocycles. The lowest BCUT2D eigenvalue weighted by molar-refractivity contribution is -0.139. The van der Waals surface area contributed by atoms with Gasteiger partial charge in [0, 0.05) is 17.3 Å². The molecular formula is C17H25ClO2S. The lowest BCUT2D eigenvalue weighted by Gasteiger charge is -2.43. The second-order valence-corrected chi connectivity index (χ2v) is 7.43. The minimum absolute atomic E-state index is 0.374. The average molecular weight is 329 g/mol. The number of hydrogen-bond acceptors (Lipinski definition) is 3. The van der Waals surface area contributed by atoms with Crippen molar-refractivity contribution in [3.63, 3.8) is 0 Å². The molecule has 0 heterocycles.